The molecule has 0 spiro atoms. The maximum absolute atomic E-state index is 10.5. The first kappa shape index (κ1) is 44.9. The molecule has 6 N–H and O–H groups in total. The Balaban J connectivity index is 0.00000506. The smallest absolute Gasteiger partial charge is 0.179 e. The first-order valence-electron chi connectivity index (χ1n) is 15.7. The molecule has 2 fully saturated rings. The molecule has 2 aromatic carbocycles. The molecule has 2 heterocycles. The Bertz CT molecular complexity index is 968. The lowest BCUT2D eigenvalue weighted by molar-refractivity contribution is -0.988. The van der Waals surface area contributed by atoms with Gasteiger partial charge < -0.3 is 88.6 Å². The number of hydrogen-bond donors (Lipinski definition) is 6. The summed E-state index contributed by atoms with van der Waals surface area (Å²) in [4.78, 5) is 5.75. The molecule has 2 atom stereocenters. The van der Waals surface area contributed by atoms with Gasteiger partial charge in [-0.3, -0.25) is 9.80 Å². The third-order valence-corrected chi connectivity index (χ3v) is 8.59. The van der Waals surface area contributed by atoms with Gasteiger partial charge >= 0.3 is 0 Å². The molecule has 2 unspecified atom stereocenters. The number of unbranched alkanes of at least 4 members (excludes halogenated alkanes) is 1. The number of aliphatic hydroxyl groups excluding tert-OH is 2. The van der Waals surface area contributed by atoms with E-state index in [-0.39, 0.29) is 49.6 Å². The molecule has 0 aromatic heterocycles. The second-order valence-electron chi connectivity index (χ2n) is 11.7. The lowest BCUT2D eigenvalue weighted by Gasteiger charge is -2.31. The number of rotatable bonds is 17. The molecule has 0 radical (unpaired) electrons. The first-order valence-corrected chi connectivity index (χ1v) is 15.7. The quantitative estimate of drug-likeness (QED) is 0.0907. The number of ether oxygens (including phenoxy) is 4. The van der Waals surface area contributed by atoms with E-state index in [0.717, 1.165) is 89.8 Å². The Morgan fingerprint density at radius 2 is 0.913 bits per heavy atom. The number of quaternary nitrogens is 4. The Kier molecular flexibility index (Phi) is 24.3. The van der Waals surface area contributed by atoms with Crippen LogP contribution in [0.1, 0.15) is 12.8 Å². The van der Waals surface area contributed by atoms with Crippen LogP contribution in [0.5, 0.6) is 11.5 Å². The molecule has 46 heavy (non-hydrogen) atoms. The van der Waals surface area contributed by atoms with E-state index in [9.17, 15) is 10.2 Å². The SMILES string of the molecule is COc1ccccc1[NH+]1CC[NH+](CC(O)COCCCCOCC(O)C[NH+]2CC[NH+](c3ccccc3OC)CC2)CC1.[Cl-].[Cl-].[Cl-].[Cl-]. The summed E-state index contributed by atoms with van der Waals surface area (Å²) in [5, 5.41) is 20.9. The predicted octanol–water partition coefficient (Wildman–Crippen LogP) is -15.2. The van der Waals surface area contributed by atoms with E-state index >= 15 is 0 Å². The number of hydrogen-bond acceptors (Lipinski definition) is 6. The number of piperazine rings is 2. The zero-order valence-corrected chi connectivity index (χ0v) is 30.2. The molecule has 2 saturated heterocycles. The van der Waals surface area contributed by atoms with Crippen LogP contribution < -0.4 is 78.7 Å². The lowest BCUT2D eigenvalue weighted by Crippen LogP contribution is -3.26. The summed E-state index contributed by atoms with van der Waals surface area (Å²) in [7, 11) is 3.45. The molecule has 14 heteroatoms. The van der Waals surface area contributed by atoms with Gasteiger partial charge in [0.1, 0.15) is 77.7 Å². The number of halogens is 4. The van der Waals surface area contributed by atoms with Crippen LogP contribution in [-0.4, -0.2) is 129 Å². The third-order valence-electron chi connectivity index (χ3n) is 8.59. The first-order chi connectivity index (χ1) is 20.6. The van der Waals surface area contributed by atoms with Crippen molar-refractivity contribution in [3.8, 4) is 11.5 Å². The predicted molar refractivity (Wildman–Crippen MR) is 161 cm³/mol. The van der Waals surface area contributed by atoms with Crippen molar-refractivity contribution in [2.24, 2.45) is 0 Å². The van der Waals surface area contributed by atoms with E-state index in [2.05, 4.69) is 24.3 Å². The maximum atomic E-state index is 10.5. The summed E-state index contributed by atoms with van der Waals surface area (Å²) < 4.78 is 22.5. The van der Waals surface area contributed by atoms with Crippen LogP contribution in [0.2, 0.25) is 0 Å². The highest BCUT2D eigenvalue weighted by Gasteiger charge is 2.29. The Hall–Kier alpha value is -1.12. The molecule has 10 nitrogen and oxygen atoms in total. The van der Waals surface area contributed by atoms with Gasteiger partial charge in [0.25, 0.3) is 0 Å². The van der Waals surface area contributed by atoms with Crippen LogP contribution in [0.15, 0.2) is 48.5 Å². The zero-order valence-electron chi connectivity index (χ0n) is 27.1. The van der Waals surface area contributed by atoms with Gasteiger partial charge in [0.05, 0.1) is 27.4 Å². The van der Waals surface area contributed by atoms with Gasteiger partial charge in [-0.15, -0.1) is 0 Å². The fourth-order valence-electron chi connectivity index (χ4n) is 6.26. The van der Waals surface area contributed by atoms with Gasteiger partial charge in [-0.1, -0.05) is 24.3 Å². The van der Waals surface area contributed by atoms with Gasteiger partial charge in [-0.2, -0.15) is 0 Å². The fourth-order valence-corrected chi connectivity index (χ4v) is 6.26. The lowest BCUT2D eigenvalue weighted by atomic mass is 10.2. The molecule has 4 rings (SSSR count). The van der Waals surface area contributed by atoms with E-state index in [4.69, 9.17) is 18.9 Å². The minimum Gasteiger partial charge on any atom is -1.00 e. The third kappa shape index (κ3) is 14.6. The van der Waals surface area contributed by atoms with E-state index in [0.29, 0.717) is 26.4 Å². The van der Waals surface area contributed by atoms with Crippen LogP contribution in [0.3, 0.4) is 0 Å². The fraction of sp³-hybridized carbons (Fsp3) is 0.625. The summed E-state index contributed by atoms with van der Waals surface area (Å²) in [6.07, 6.45) is 0.880. The normalized spacial score (nSPS) is 22.1. The largest absolute Gasteiger partial charge is 1.00 e. The second-order valence-corrected chi connectivity index (χ2v) is 11.7. The van der Waals surface area contributed by atoms with Crippen molar-refractivity contribution in [3.05, 3.63) is 48.5 Å². The van der Waals surface area contributed by atoms with Gasteiger partial charge in [0.15, 0.2) is 22.9 Å². The van der Waals surface area contributed by atoms with Gasteiger partial charge in [-0.05, 0) is 25.0 Å². The van der Waals surface area contributed by atoms with Gasteiger partial charge in [-0.25, -0.2) is 0 Å². The minimum absolute atomic E-state index is 0. The average molecular weight is 733 g/mol. The summed E-state index contributed by atoms with van der Waals surface area (Å²) in [6, 6.07) is 16.5. The summed E-state index contributed by atoms with van der Waals surface area (Å²) in [5.41, 5.74) is 2.45. The summed E-state index contributed by atoms with van der Waals surface area (Å²) in [5.74, 6) is 1.89. The molecule has 0 bridgehead atoms. The van der Waals surface area contributed by atoms with E-state index in [1.54, 1.807) is 14.2 Å². The monoisotopic (exact) mass is 730 g/mol. The highest BCUT2D eigenvalue weighted by Crippen LogP contribution is 2.19. The van der Waals surface area contributed by atoms with Crippen molar-refractivity contribution in [3.63, 3.8) is 0 Å². The van der Waals surface area contributed by atoms with Crippen LogP contribution in [0.25, 0.3) is 0 Å². The Labute approximate surface area is 299 Å². The van der Waals surface area contributed by atoms with Crippen LogP contribution in [0.4, 0.5) is 11.4 Å². The number of methoxy groups -OCH3 is 2. The van der Waals surface area contributed by atoms with Crippen LogP contribution >= 0.6 is 0 Å². The molecule has 2 aromatic rings. The van der Waals surface area contributed by atoms with Crippen LogP contribution in [0, 0.1) is 0 Å². The summed E-state index contributed by atoms with van der Waals surface area (Å²) >= 11 is 0. The number of para-hydroxylation sites is 4. The van der Waals surface area contributed by atoms with Gasteiger partial charge in [0.2, 0.25) is 0 Å². The van der Waals surface area contributed by atoms with Crippen molar-refractivity contribution in [2.75, 3.05) is 106 Å². The van der Waals surface area contributed by atoms with Crippen molar-refractivity contribution in [2.45, 2.75) is 25.0 Å². The highest BCUT2D eigenvalue weighted by atomic mass is 35.5. The van der Waals surface area contributed by atoms with Crippen molar-refractivity contribution < 1.29 is 98.4 Å². The van der Waals surface area contributed by atoms with Crippen molar-refractivity contribution in [1.82, 2.24) is 0 Å². The Morgan fingerprint density at radius 1 is 0.565 bits per heavy atom. The van der Waals surface area contributed by atoms with Crippen molar-refractivity contribution >= 4 is 11.4 Å². The van der Waals surface area contributed by atoms with E-state index < -0.39 is 12.2 Å². The highest BCUT2D eigenvalue weighted by molar-refractivity contribution is 5.46. The number of benzene rings is 2. The molecule has 2 aliphatic heterocycles. The van der Waals surface area contributed by atoms with Crippen molar-refractivity contribution in [1.29, 1.82) is 0 Å². The topological polar surface area (TPSA) is 95.1 Å². The standard InChI is InChI=1S/C32H50N4O6.4ClH/c1-39-31-11-5-3-9-29(31)35-17-13-33(14-18-35)23-27(37)25-41-21-7-8-22-42-26-28(38)24-34-15-19-36(20-16-34)30-10-4-6-12-32(30)40-2;;;;/h3-6,9-12,27-28,37-38H,7-8,13-26H2,1-2H3;4*1H. The molecular weight excluding hydrogens is 678 g/mol. The summed E-state index contributed by atoms with van der Waals surface area (Å²) in [6.45, 7) is 11.6. The molecule has 2 aliphatic rings. The number of aliphatic hydroxyl groups is 2. The number of nitrogens with one attached hydrogen (secondary N) is 4. The Morgan fingerprint density at radius 3 is 1.26 bits per heavy atom. The van der Waals surface area contributed by atoms with E-state index in [1.807, 2.05) is 24.3 Å². The molecule has 0 amide bonds. The molecule has 266 valence electrons. The second kappa shape index (κ2) is 24.9. The molecular formula is C32H54Cl4N4O6. The average Bonchev–Trinajstić information content (AvgIpc) is 3.03. The maximum Gasteiger partial charge on any atom is 0.179 e. The minimum atomic E-state index is -0.445. The van der Waals surface area contributed by atoms with Crippen LogP contribution in [-0.2, 0) is 9.47 Å². The molecule has 0 saturated carbocycles. The zero-order chi connectivity index (χ0) is 29.6. The van der Waals surface area contributed by atoms with Gasteiger partial charge in [0, 0.05) is 25.3 Å². The van der Waals surface area contributed by atoms with E-state index in [1.165, 1.54) is 31.0 Å². The molecule has 0 aliphatic carbocycles.